The lowest BCUT2D eigenvalue weighted by atomic mass is 9.98. The summed E-state index contributed by atoms with van der Waals surface area (Å²) in [5.41, 5.74) is 3.21. The molecule has 0 saturated heterocycles. The number of ether oxygens (including phenoxy) is 1. The van der Waals surface area contributed by atoms with Crippen molar-refractivity contribution in [2.75, 3.05) is 11.1 Å². The van der Waals surface area contributed by atoms with E-state index in [9.17, 15) is 4.79 Å². The molecule has 0 spiro atoms. The van der Waals surface area contributed by atoms with Crippen molar-refractivity contribution in [2.24, 2.45) is 0 Å². The first-order valence-corrected chi connectivity index (χ1v) is 11.8. The number of thioether (sulfide) groups is 1. The van der Waals surface area contributed by atoms with E-state index in [2.05, 4.69) is 34.6 Å². The van der Waals surface area contributed by atoms with E-state index in [4.69, 9.17) is 4.74 Å². The van der Waals surface area contributed by atoms with Crippen LogP contribution in [0.2, 0.25) is 0 Å². The van der Waals surface area contributed by atoms with Crippen LogP contribution in [-0.2, 0) is 16.1 Å². The summed E-state index contributed by atoms with van der Waals surface area (Å²) in [6.45, 7) is 2.60. The predicted molar refractivity (Wildman–Crippen MR) is 124 cm³/mol. The molecule has 1 aliphatic carbocycles. The molecule has 4 rings (SSSR count). The van der Waals surface area contributed by atoms with Crippen LogP contribution in [0.1, 0.15) is 43.5 Å². The molecular formula is C24H28N4O2S. The molecule has 1 heterocycles. The number of nitrogens with zero attached hydrogens (tertiary/aromatic N) is 3. The van der Waals surface area contributed by atoms with Crippen LogP contribution in [0.5, 0.6) is 0 Å². The quantitative estimate of drug-likeness (QED) is 0.389. The van der Waals surface area contributed by atoms with Crippen molar-refractivity contribution in [3.05, 3.63) is 66.0 Å². The second-order valence-corrected chi connectivity index (χ2v) is 8.72. The summed E-state index contributed by atoms with van der Waals surface area (Å²) in [5.74, 6) is 0.837. The Hall–Kier alpha value is -2.80. The minimum absolute atomic E-state index is 0.0720. The molecule has 162 valence electrons. The number of benzene rings is 2. The molecule has 31 heavy (non-hydrogen) atoms. The smallest absolute Gasteiger partial charge is 0.316 e. The highest BCUT2D eigenvalue weighted by Crippen LogP contribution is 2.25. The van der Waals surface area contributed by atoms with Gasteiger partial charge in [0.25, 0.3) is 0 Å². The Balaban J connectivity index is 1.47. The molecule has 1 fully saturated rings. The lowest BCUT2D eigenvalue weighted by Gasteiger charge is -2.21. The summed E-state index contributed by atoms with van der Waals surface area (Å²) < 4.78 is 7.66. The monoisotopic (exact) mass is 436 g/mol. The maximum Gasteiger partial charge on any atom is 0.316 e. The average Bonchev–Trinajstić information content (AvgIpc) is 3.21. The van der Waals surface area contributed by atoms with E-state index < -0.39 is 0 Å². The molecule has 1 saturated carbocycles. The van der Waals surface area contributed by atoms with Gasteiger partial charge in [0.1, 0.15) is 6.10 Å². The maximum absolute atomic E-state index is 12.4. The largest absolute Gasteiger partial charge is 0.462 e. The Morgan fingerprint density at radius 1 is 1.06 bits per heavy atom. The number of carbonyl (C=O) groups is 1. The fourth-order valence-electron chi connectivity index (χ4n) is 3.82. The fourth-order valence-corrected chi connectivity index (χ4v) is 4.57. The molecule has 0 aliphatic heterocycles. The van der Waals surface area contributed by atoms with Crippen molar-refractivity contribution in [1.29, 1.82) is 0 Å². The van der Waals surface area contributed by atoms with E-state index in [-0.39, 0.29) is 17.8 Å². The normalized spacial score (nSPS) is 14.4. The highest BCUT2D eigenvalue weighted by atomic mass is 32.2. The molecule has 7 heteroatoms. The summed E-state index contributed by atoms with van der Waals surface area (Å²) in [6, 6.07) is 18.1. The number of hydrogen-bond acceptors (Lipinski definition) is 6. The number of hydrogen-bond donors (Lipinski definition) is 1. The van der Waals surface area contributed by atoms with E-state index in [0.717, 1.165) is 42.9 Å². The Morgan fingerprint density at radius 2 is 1.81 bits per heavy atom. The third-order valence-corrected chi connectivity index (χ3v) is 6.37. The summed E-state index contributed by atoms with van der Waals surface area (Å²) in [4.78, 5) is 12.4. The van der Waals surface area contributed by atoms with Crippen LogP contribution in [0.15, 0.2) is 59.8 Å². The van der Waals surface area contributed by atoms with Crippen LogP contribution < -0.4 is 5.32 Å². The van der Waals surface area contributed by atoms with Gasteiger partial charge in [0, 0.05) is 11.4 Å². The molecule has 2 aromatic carbocycles. The van der Waals surface area contributed by atoms with Gasteiger partial charge in [-0.15, -0.1) is 10.2 Å². The number of aryl methyl sites for hydroxylation is 1. The first-order valence-electron chi connectivity index (χ1n) is 10.8. The zero-order valence-electron chi connectivity index (χ0n) is 17.8. The molecule has 1 aromatic heterocycles. The van der Waals surface area contributed by atoms with Crippen LogP contribution in [-0.4, -0.2) is 32.6 Å². The molecular weight excluding hydrogens is 408 g/mol. The lowest BCUT2D eigenvalue weighted by molar-refractivity contribution is -0.147. The predicted octanol–water partition coefficient (Wildman–Crippen LogP) is 5.16. The van der Waals surface area contributed by atoms with Gasteiger partial charge in [0.05, 0.1) is 12.3 Å². The van der Waals surface area contributed by atoms with E-state index in [1.807, 2.05) is 47.0 Å². The highest BCUT2D eigenvalue weighted by molar-refractivity contribution is 7.99. The fraction of sp³-hybridized carbons (Fsp3) is 0.375. The van der Waals surface area contributed by atoms with Crippen molar-refractivity contribution in [3.63, 3.8) is 0 Å². The standard InChI is InChI=1S/C24H28N4O2S/c1-18-10-8-9-15-21(18)25-16-22-26-27-24(28(22)19-11-4-2-5-12-19)31-17-23(29)30-20-13-6-3-7-14-20/h2,4-5,8-12,15,20,25H,3,6-7,13-14,16-17H2,1H3. The van der Waals surface area contributed by atoms with Crippen LogP contribution >= 0.6 is 11.8 Å². The second-order valence-electron chi connectivity index (χ2n) is 7.78. The third kappa shape index (κ3) is 5.67. The molecule has 0 unspecified atom stereocenters. The number of anilines is 1. The Labute approximate surface area is 187 Å². The molecule has 3 aromatic rings. The van der Waals surface area contributed by atoms with Crippen molar-refractivity contribution >= 4 is 23.4 Å². The zero-order chi connectivity index (χ0) is 21.5. The van der Waals surface area contributed by atoms with Crippen molar-refractivity contribution in [2.45, 2.75) is 56.8 Å². The number of aromatic nitrogens is 3. The van der Waals surface area contributed by atoms with Crippen LogP contribution in [0.25, 0.3) is 5.69 Å². The minimum Gasteiger partial charge on any atom is -0.462 e. The molecule has 1 N–H and O–H groups in total. The van der Waals surface area contributed by atoms with E-state index in [1.165, 1.54) is 23.7 Å². The van der Waals surface area contributed by atoms with Gasteiger partial charge in [-0.25, -0.2) is 0 Å². The Kier molecular flexibility index (Phi) is 7.25. The van der Waals surface area contributed by atoms with Crippen molar-refractivity contribution < 1.29 is 9.53 Å². The van der Waals surface area contributed by atoms with Gasteiger partial charge in [-0.2, -0.15) is 0 Å². The molecule has 1 aliphatic rings. The summed E-state index contributed by atoms with van der Waals surface area (Å²) in [5, 5.41) is 12.9. The van der Waals surface area contributed by atoms with Gasteiger partial charge in [0.2, 0.25) is 0 Å². The number of para-hydroxylation sites is 2. The summed E-state index contributed by atoms with van der Waals surface area (Å²) in [7, 11) is 0. The molecule has 0 radical (unpaired) electrons. The van der Waals surface area contributed by atoms with Gasteiger partial charge in [-0.3, -0.25) is 9.36 Å². The highest BCUT2D eigenvalue weighted by Gasteiger charge is 2.20. The SMILES string of the molecule is Cc1ccccc1NCc1nnc(SCC(=O)OC2CCCCC2)n1-c1ccccc1. The van der Waals surface area contributed by atoms with Crippen molar-refractivity contribution in [1.82, 2.24) is 14.8 Å². The second kappa shape index (κ2) is 10.5. The molecule has 0 amide bonds. The van der Waals surface area contributed by atoms with Gasteiger partial charge >= 0.3 is 5.97 Å². The van der Waals surface area contributed by atoms with Crippen LogP contribution in [0.3, 0.4) is 0 Å². The summed E-state index contributed by atoms with van der Waals surface area (Å²) in [6.07, 6.45) is 5.55. The summed E-state index contributed by atoms with van der Waals surface area (Å²) >= 11 is 1.37. The first kappa shape index (κ1) is 21.4. The molecule has 0 bridgehead atoms. The first-order chi connectivity index (χ1) is 15.2. The van der Waals surface area contributed by atoms with Gasteiger partial charge in [0.15, 0.2) is 11.0 Å². The van der Waals surface area contributed by atoms with E-state index in [0.29, 0.717) is 11.7 Å². The van der Waals surface area contributed by atoms with Crippen LogP contribution in [0, 0.1) is 6.92 Å². The Morgan fingerprint density at radius 3 is 2.58 bits per heavy atom. The maximum atomic E-state index is 12.4. The number of carbonyl (C=O) groups excluding carboxylic acids is 1. The topological polar surface area (TPSA) is 69.0 Å². The van der Waals surface area contributed by atoms with E-state index in [1.54, 1.807) is 0 Å². The number of nitrogens with one attached hydrogen (secondary N) is 1. The Bertz CT molecular complexity index is 1000. The third-order valence-electron chi connectivity index (χ3n) is 5.47. The number of esters is 1. The number of rotatable bonds is 8. The van der Waals surface area contributed by atoms with E-state index >= 15 is 0 Å². The van der Waals surface area contributed by atoms with Gasteiger partial charge in [-0.1, -0.05) is 54.6 Å². The van der Waals surface area contributed by atoms with Crippen LogP contribution in [0.4, 0.5) is 5.69 Å². The van der Waals surface area contributed by atoms with Crippen molar-refractivity contribution in [3.8, 4) is 5.69 Å². The average molecular weight is 437 g/mol. The zero-order valence-corrected chi connectivity index (χ0v) is 18.6. The van der Waals surface area contributed by atoms with Gasteiger partial charge in [-0.05, 0) is 56.4 Å². The van der Waals surface area contributed by atoms with Gasteiger partial charge < -0.3 is 10.1 Å². The molecule has 0 atom stereocenters. The lowest BCUT2D eigenvalue weighted by Crippen LogP contribution is -2.22. The minimum atomic E-state index is -0.181. The molecule has 6 nitrogen and oxygen atoms in total.